The molecule has 5 nitrogen and oxygen atoms in total. The molecule has 0 spiro atoms. The number of benzene rings is 2. The summed E-state index contributed by atoms with van der Waals surface area (Å²) >= 11 is 0. The van der Waals surface area contributed by atoms with E-state index in [1.165, 1.54) is 0 Å². The van der Waals surface area contributed by atoms with Crippen LogP contribution in [0.25, 0.3) is 0 Å². The van der Waals surface area contributed by atoms with Crippen molar-refractivity contribution < 1.29 is 19.7 Å². The van der Waals surface area contributed by atoms with E-state index in [0.717, 1.165) is 22.3 Å². The van der Waals surface area contributed by atoms with Gasteiger partial charge in [0.25, 0.3) is 0 Å². The minimum Gasteiger partial charge on any atom is -0.483 e. The number of amides is 1. The van der Waals surface area contributed by atoms with Gasteiger partial charge in [0, 0.05) is 5.56 Å². The van der Waals surface area contributed by atoms with E-state index in [1.54, 1.807) is 0 Å². The fraction of sp³-hybridized carbons (Fsp3) is 0.381. The van der Waals surface area contributed by atoms with E-state index in [4.69, 9.17) is 4.74 Å². The molecule has 1 amide bonds. The second-order valence-corrected chi connectivity index (χ2v) is 7.57. The summed E-state index contributed by atoms with van der Waals surface area (Å²) in [5.41, 5.74) is 2.94. The third-order valence-electron chi connectivity index (χ3n) is 5.55. The van der Waals surface area contributed by atoms with Gasteiger partial charge in [-0.3, -0.25) is 5.32 Å². The summed E-state index contributed by atoms with van der Waals surface area (Å²) < 4.78 is 6.22. The van der Waals surface area contributed by atoms with Gasteiger partial charge in [0.05, 0.1) is 5.69 Å². The molecule has 0 bridgehead atoms. The minimum absolute atomic E-state index is 0.501. The number of hydrogen-bond donors (Lipinski definition) is 3. The SMILES string of the molecule is Cc1ccc(C2(O)c3c(C)c(NC(=O)O)c(C)c(C)c3OC2(C)C)cc1. The lowest BCUT2D eigenvalue weighted by Crippen LogP contribution is -2.47. The van der Waals surface area contributed by atoms with Crippen molar-refractivity contribution in [2.45, 2.75) is 52.7 Å². The molecule has 5 heteroatoms. The Morgan fingerprint density at radius 3 is 2.12 bits per heavy atom. The molecule has 3 N–H and O–H groups in total. The summed E-state index contributed by atoms with van der Waals surface area (Å²) in [6.45, 7) is 11.3. The van der Waals surface area contributed by atoms with E-state index in [9.17, 15) is 15.0 Å². The Morgan fingerprint density at radius 2 is 1.58 bits per heavy atom. The predicted octanol–water partition coefficient (Wildman–Crippen LogP) is 4.42. The maximum atomic E-state index is 11.9. The lowest BCUT2D eigenvalue weighted by molar-refractivity contribution is -0.0645. The van der Waals surface area contributed by atoms with Gasteiger partial charge >= 0.3 is 6.09 Å². The summed E-state index contributed by atoms with van der Waals surface area (Å²) in [5, 5.41) is 23.6. The van der Waals surface area contributed by atoms with Crippen LogP contribution in [-0.2, 0) is 5.60 Å². The molecular weight excluding hydrogens is 330 g/mol. The molecule has 1 unspecified atom stereocenters. The number of nitrogens with one attached hydrogen (secondary N) is 1. The van der Waals surface area contributed by atoms with Crippen LogP contribution < -0.4 is 10.1 Å². The van der Waals surface area contributed by atoms with Crippen molar-refractivity contribution >= 4 is 11.8 Å². The highest BCUT2D eigenvalue weighted by Crippen LogP contribution is 2.55. The van der Waals surface area contributed by atoms with Crippen molar-refractivity contribution in [1.29, 1.82) is 0 Å². The first-order valence-electron chi connectivity index (χ1n) is 8.63. The molecule has 0 radical (unpaired) electrons. The van der Waals surface area contributed by atoms with Gasteiger partial charge in [-0.15, -0.1) is 0 Å². The van der Waals surface area contributed by atoms with Gasteiger partial charge in [0.1, 0.15) is 11.4 Å². The maximum Gasteiger partial charge on any atom is 0.409 e. The third-order valence-corrected chi connectivity index (χ3v) is 5.55. The van der Waals surface area contributed by atoms with Crippen molar-refractivity contribution in [1.82, 2.24) is 0 Å². The Balaban J connectivity index is 2.36. The summed E-state index contributed by atoms with van der Waals surface area (Å²) in [4.78, 5) is 11.3. The lowest BCUT2D eigenvalue weighted by atomic mass is 9.74. The van der Waals surface area contributed by atoms with Crippen molar-refractivity contribution in [3.05, 3.63) is 57.6 Å². The Bertz CT molecular complexity index is 899. The predicted molar refractivity (Wildman–Crippen MR) is 101 cm³/mol. The van der Waals surface area contributed by atoms with Crippen LogP contribution in [0.4, 0.5) is 10.5 Å². The Kier molecular flexibility index (Phi) is 4.03. The second kappa shape index (κ2) is 5.74. The molecule has 2 aromatic rings. The zero-order valence-corrected chi connectivity index (χ0v) is 16.0. The van der Waals surface area contributed by atoms with Gasteiger partial charge in [-0.1, -0.05) is 29.8 Å². The zero-order valence-electron chi connectivity index (χ0n) is 16.0. The average molecular weight is 355 g/mol. The van der Waals surface area contributed by atoms with Crippen LogP contribution in [0.1, 0.15) is 47.2 Å². The summed E-state index contributed by atoms with van der Waals surface area (Å²) in [6.07, 6.45) is -1.13. The van der Waals surface area contributed by atoms with Crippen LogP contribution in [0.5, 0.6) is 5.75 Å². The van der Waals surface area contributed by atoms with Crippen LogP contribution in [0.15, 0.2) is 24.3 Å². The van der Waals surface area contributed by atoms with Gasteiger partial charge in [0.15, 0.2) is 5.60 Å². The van der Waals surface area contributed by atoms with Crippen molar-refractivity contribution in [2.24, 2.45) is 0 Å². The van der Waals surface area contributed by atoms with Gasteiger partial charge in [-0.2, -0.15) is 0 Å². The Labute approximate surface area is 153 Å². The lowest BCUT2D eigenvalue weighted by Gasteiger charge is -2.36. The highest BCUT2D eigenvalue weighted by atomic mass is 16.5. The number of fused-ring (bicyclic) bond motifs is 1. The first-order valence-corrected chi connectivity index (χ1v) is 8.63. The van der Waals surface area contributed by atoms with Crippen LogP contribution in [0, 0.1) is 27.7 Å². The number of anilines is 1. The van der Waals surface area contributed by atoms with Gasteiger partial charge in [-0.05, 0) is 63.8 Å². The van der Waals surface area contributed by atoms with Gasteiger partial charge < -0.3 is 14.9 Å². The number of rotatable bonds is 2. The molecule has 1 aliphatic rings. The van der Waals surface area contributed by atoms with E-state index in [1.807, 2.05) is 65.8 Å². The van der Waals surface area contributed by atoms with Gasteiger partial charge in [-0.25, -0.2) is 4.79 Å². The molecule has 2 aromatic carbocycles. The summed E-state index contributed by atoms with van der Waals surface area (Å²) in [6, 6.07) is 7.70. The number of aryl methyl sites for hydroxylation is 1. The molecule has 1 aliphatic heterocycles. The third kappa shape index (κ3) is 2.38. The normalized spacial score (nSPS) is 20.4. The maximum absolute atomic E-state index is 11.9. The topological polar surface area (TPSA) is 78.8 Å². The molecule has 1 heterocycles. The molecule has 0 saturated carbocycles. The largest absolute Gasteiger partial charge is 0.483 e. The van der Waals surface area contributed by atoms with Crippen LogP contribution >= 0.6 is 0 Å². The van der Waals surface area contributed by atoms with Crippen LogP contribution in [0.2, 0.25) is 0 Å². The molecule has 26 heavy (non-hydrogen) atoms. The molecule has 0 fully saturated rings. The fourth-order valence-corrected chi connectivity index (χ4v) is 3.90. The highest BCUT2D eigenvalue weighted by Gasteiger charge is 2.56. The van der Waals surface area contributed by atoms with E-state index < -0.39 is 17.3 Å². The van der Waals surface area contributed by atoms with E-state index >= 15 is 0 Å². The summed E-state index contributed by atoms with van der Waals surface area (Å²) in [5.74, 6) is 0.629. The Morgan fingerprint density at radius 1 is 1.00 bits per heavy atom. The first kappa shape index (κ1) is 18.3. The fourth-order valence-electron chi connectivity index (χ4n) is 3.90. The van der Waals surface area contributed by atoms with Crippen LogP contribution in [0.3, 0.4) is 0 Å². The second-order valence-electron chi connectivity index (χ2n) is 7.57. The van der Waals surface area contributed by atoms with E-state index in [0.29, 0.717) is 22.6 Å². The number of hydrogen-bond acceptors (Lipinski definition) is 3. The minimum atomic E-state index is -1.40. The van der Waals surface area contributed by atoms with Gasteiger partial charge in [0.2, 0.25) is 0 Å². The van der Waals surface area contributed by atoms with Crippen molar-refractivity contribution in [2.75, 3.05) is 5.32 Å². The number of aliphatic hydroxyl groups is 1. The van der Waals surface area contributed by atoms with Crippen molar-refractivity contribution in [3.8, 4) is 5.75 Å². The smallest absolute Gasteiger partial charge is 0.409 e. The molecule has 3 rings (SSSR count). The van der Waals surface area contributed by atoms with E-state index in [-0.39, 0.29) is 0 Å². The number of carboxylic acid groups (broad SMARTS) is 1. The molecule has 138 valence electrons. The highest BCUT2D eigenvalue weighted by molar-refractivity contribution is 5.87. The van der Waals surface area contributed by atoms with E-state index in [2.05, 4.69) is 5.32 Å². The summed E-state index contributed by atoms with van der Waals surface area (Å²) in [7, 11) is 0. The number of carbonyl (C=O) groups is 1. The molecular formula is C21H25NO4. The quantitative estimate of drug-likeness (QED) is 0.745. The molecule has 0 aromatic heterocycles. The molecule has 0 aliphatic carbocycles. The first-order chi connectivity index (χ1) is 12.0. The molecule has 0 saturated heterocycles. The van der Waals surface area contributed by atoms with Crippen molar-refractivity contribution in [3.63, 3.8) is 0 Å². The Hall–Kier alpha value is -2.53. The average Bonchev–Trinajstić information content (AvgIpc) is 2.78. The zero-order chi connectivity index (χ0) is 19.4. The standard InChI is InChI=1S/C21H25NO4/c1-11-7-9-15(10-8-11)21(25)16-14(4)17(22-19(23)24)12(2)13(3)18(16)26-20(21,5)6/h7-10,22,25H,1-6H3,(H,23,24). The van der Waals surface area contributed by atoms with Crippen LogP contribution in [-0.4, -0.2) is 21.9 Å². The number of ether oxygens (including phenoxy) is 1. The monoisotopic (exact) mass is 355 g/mol. The molecule has 1 atom stereocenters.